The number of ether oxygens (including phenoxy) is 4. The number of hydrogen-bond donors (Lipinski definition) is 0. The van der Waals surface area contributed by atoms with E-state index in [4.69, 9.17) is 18.9 Å². The average molecular weight is 1270 g/mol. The van der Waals surface area contributed by atoms with Crippen LogP contribution in [0.15, 0.2) is 82.3 Å². The number of hydrogen-bond acceptors (Lipinski definition) is 14. The maximum absolute atomic E-state index is 15.0. The van der Waals surface area contributed by atoms with E-state index in [2.05, 4.69) is 42.1 Å². The van der Waals surface area contributed by atoms with Crippen molar-refractivity contribution in [3.63, 3.8) is 0 Å². The third-order valence-corrected chi connectivity index (χ3v) is 15.4. The summed E-state index contributed by atoms with van der Waals surface area (Å²) >= 11 is 6.86. The minimum atomic E-state index is -1.54. The number of aromatic nitrogens is 4. The Morgan fingerprint density at radius 1 is 0.451 bits per heavy atom. The van der Waals surface area contributed by atoms with Crippen LogP contribution in [0.4, 0.5) is 0 Å². The molecule has 1 fully saturated rings. The second-order valence-corrected chi connectivity index (χ2v) is 24.7. The number of esters is 4. The van der Waals surface area contributed by atoms with Crippen LogP contribution >= 0.6 is 31.9 Å². The lowest BCUT2D eigenvalue weighted by atomic mass is 9.99. The van der Waals surface area contributed by atoms with Crippen LogP contribution in [0, 0.1) is 23.7 Å². The van der Waals surface area contributed by atoms with Gasteiger partial charge < -0.3 is 38.5 Å². The van der Waals surface area contributed by atoms with Crippen LogP contribution in [0.5, 0.6) is 0 Å². The molecule has 4 amide bonds. The number of benzene rings is 2. The Balaban J connectivity index is 1.59. The number of cyclic esters (lactones) is 4. The molecule has 0 bridgehead atoms. The first kappa shape index (κ1) is 66.4. The first-order chi connectivity index (χ1) is 38.5. The van der Waals surface area contributed by atoms with Crippen molar-refractivity contribution < 1.29 is 57.3 Å². The monoisotopic (exact) mass is 1260 g/mol. The first-order valence-corrected chi connectivity index (χ1v) is 29.5. The Labute approximate surface area is 499 Å². The molecular weight excluding hydrogens is 1180 g/mol. The summed E-state index contributed by atoms with van der Waals surface area (Å²) in [6, 6.07) is 13.1. The van der Waals surface area contributed by atoms with E-state index in [1.165, 1.54) is 42.0 Å². The lowest BCUT2D eigenvalue weighted by Crippen LogP contribution is -2.55. The van der Waals surface area contributed by atoms with Crippen LogP contribution in [0.1, 0.15) is 117 Å². The summed E-state index contributed by atoms with van der Waals surface area (Å²) in [6.45, 7) is 18.4. The molecule has 1 aliphatic rings. The molecule has 0 unspecified atom stereocenters. The number of rotatable bonds is 16. The third kappa shape index (κ3) is 18.5. The standard InChI is InChI=1S/C60H82Br2N8O12/c1-35(2)27-45-57(75)79-40(10)54(72)66(12)48(30-38(7)8)60(78)82-50(32-42-17-21-44(22-18-42)34-70-52(62)23-25-63-70)56(74)68(14)46(28-36(3)4)58(76)80-39(9)53(71)65(11)47(29-37(5)6)59(77)81-49(55(73)67(45)13)31-41-15-19-43(20-16-41)33-69-26-24-51(61)64-69/h15-26,35-40,45-50H,27-34H2,1-14H3/t39-,40-,45+,46+,47+,48+,49-,50-/m1/s1. The van der Waals surface area contributed by atoms with E-state index < -0.39 is 96.1 Å². The van der Waals surface area contributed by atoms with Gasteiger partial charge in [0, 0.05) is 47.2 Å². The topological polar surface area (TPSA) is 222 Å². The molecule has 82 heavy (non-hydrogen) atoms. The molecular formula is C60H82Br2N8O12. The predicted molar refractivity (Wildman–Crippen MR) is 313 cm³/mol. The quantitative estimate of drug-likeness (QED) is 0.0776. The summed E-state index contributed by atoms with van der Waals surface area (Å²) in [5.41, 5.74) is 3.01. The van der Waals surface area contributed by atoms with Crippen LogP contribution in [-0.2, 0) is 83.2 Å². The van der Waals surface area contributed by atoms with Gasteiger partial charge in [-0.05, 0) is 129 Å². The van der Waals surface area contributed by atoms with Crippen LogP contribution < -0.4 is 0 Å². The Morgan fingerprint density at radius 2 is 0.780 bits per heavy atom. The highest BCUT2D eigenvalue weighted by atomic mass is 79.9. The third-order valence-electron chi connectivity index (χ3n) is 14.3. The zero-order chi connectivity index (χ0) is 60.9. The SMILES string of the molecule is CC(C)C[C@H]1C(=O)O[C@H](Cc2ccc(Cn3nccc3Br)cc2)C(=O)N(C)[C@@H](CC(C)C)C(=O)O[C@H](C)C(=O)N(C)[C@@H](CC(C)C)C(=O)O[C@H](Cc2ccc(Cn3ccc(Br)n3)cc2)C(=O)N(C)[C@@H](CC(C)C)C(=O)O[C@H](C)C(=O)N1C. The molecule has 0 N–H and O–H groups in total. The fourth-order valence-electron chi connectivity index (χ4n) is 9.69. The van der Waals surface area contributed by atoms with Crippen LogP contribution in [-0.4, -0.2) is 163 Å². The van der Waals surface area contributed by atoms with E-state index in [0.717, 1.165) is 35.3 Å². The number of amides is 4. The number of likely N-dealkylation sites (N-methyl/N-ethyl adjacent to an activating group) is 4. The Bertz CT molecular complexity index is 2820. The summed E-state index contributed by atoms with van der Waals surface area (Å²) < 4.78 is 29.2. The molecule has 3 heterocycles. The van der Waals surface area contributed by atoms with Gasteiger partial charge in [-0.3, -0.25) is 28.5 Å². The first-order valence-electron chi connectivity index (χ1n) is 27.9. The van der Waals surface area contributed by atoms with Crippen molar-refractivity contribution in [1.82, 2.24) is 39.2 Å². The molecule has 1 aliphatic heterocycles. The molecule has 0 spiro atoms. The maximum Gasteiger partial charge on any atom is 0.329 e. The van der Waals surface area contributed by atoms with Gasteiger partial charge in [-0.1, -0.05) is 104 Å². The molecule has 22 heteroatoms. The Morgan fingerprint density at radius 3 is 1.10 bits per heavy atom. The van der Waals surface area contributed by atoms with Crippen molar-refractivity contribution in [1.29, 1.82) is 0 Å². The fourth-order valence-corrected chi connectivity index (χ4v) is 10.3. The van der Waals surface area contributed by atoms with Gasteiger partial charge in [0.2, 0.25) is 0 Å². The summed E-state index contributed by atoms with van der Waals surface area (Å²) in [5.74, 6) is -7.48. The number of halogens is 2. The molecule has 0 saturated carbocycles. The van der Waals surface area contributed by atoms with Gasteiger partial charge in [0.05, 0.1) is 19.3 Å². The number of nitrogens with zero attached hydrogens (tertiary/aromatic N) is 8. The lowest BCUT2D eigenvalue weighted by molar-refractivity contribution is -0.176. The predicted octanol–water partition coefficient (Wildman–Crippen LogP) is 7.68. The Kier molecular flexibility index (Phi) is 24.5. The van der Waals surface area contributed by atoms with Gasteiger partial charge in [-0.2, -0.15) is 10.2 Å². The normalized spacial score (nSPS) is 23.0. The van der Waals surface area contributed by atoms with Crippen molar-refractivity contribution in [2.24, 2.45) is 23.7 Å². The average Bonchev–Trinajstić information content (AvgIpc) is 4.20. The van der Waals surface area contributed by atoms with E-state index >= 15 is 9.59 Å². The minimum absolute atomic E-state index is 0.0786. The molecule has 2 aromatic heterocycles. The van der Waals surface area contributed by atoms with Gasteiger partial charge in [-0.25, -0.2) is 19.2 Å². The van der Waals surface area contributed by atoms with E-state index in [0.29, 0.717) is 28.8 Å². The smallest absolute Gasteiger partial charge is 0.329 e. The van der Waals surface area contributed by atoms with Gasteiger partial charge in [0.25, 0.3) is 23.6 Å². The zero-order valence-corrected chi connectivity index (χ0v) is 52.9. The van der Waals surface area contributed by atoms with E-state index in [9.17, 15) is 28.8 Å². The van der Waals surface area contributed by atoms with E-state index in [-0.39, 0.29) is 62.2 Å². The molecule has 1 saturated heterocycles. The summed E-state index contributed by atoms with van der Waals surface area (Å²) in [4.78, 5) is 122. The molecule has 0 aliphatic carbocycles. The van der Waals surface area contributed by atoms with Crippen molar-refractivity contribution in [2.45, 2.75) is 169 Å². The van der Waals surface area contributed by atoms with Crippen molar-refractivity contribution in [3.05, 3.63) is 105 Å². The highest BCUT2D eigenvalue weighted by Gasteiger charge is 2.43. The van der Waals surface area contributed by atoms with Crippen LogP contribution in [0.3, 0.4) is 0 Å². The van der Waals surface area contributed by atoms with E-state index in [1.807, 2.05) is 98.0 Å². The van der Waals surface area contributed by atoms with Crippen molar-refractivity contribution >= 4 is 79.4 Å². The molecule has 4 aromatic rings. The zero-order valence-electron chi connectivity index (χ0n) is 49.7. The number of carbonyl (C=O) groups is 8. The molecule has 20 nitrogen and oxygen atoms in total. The van der Waals surface area contributed by atoms with Crippen molar-refractivity contribution in [3.8, 4) is 0 Å². The summed E-state index contributed by atoms with van der Waals surface area (Å²) in [6.07, 6.45) is -2.53. The Hall–Kier alpha value is -6.42. The second kappa shape index (κ2) is 30.2. The highest BCUT2D eigenvalue weighted by Crippen LogP contribution is 2.25. The highest BCUT2D eigenvalue weighted by molar-refractivity contribution is 9.10. The fraction of sp³-hybridized carbons (Fsp3) is 0.567. The van der Waals surface area contributed by atoms with Crippen molar-refractivity contribution in [2.75, 3.05) is 28.2 Å². The van der Waals surface area contributed by atoms with Gasteiger partial charge >= 0.3 is 23.9 Å². The minimum Gasteiger partial charge on any atom is -0.451 e. The number of carbonyl (C=O) groups excluding carboxylic acids is 8. The molecule has 0 radical (unpaired) electrons. The molecule has 2 aromatic carbocycles. The summed E-state index contributed by atoms with van der Waals surface area (Å²) in [7, 11) is 5.56. The van der Waals surface area contributed by atoms with Crippen LogP contribution in [0.2, 0.25) is 0 Å². The largest absolute Gasteiger partial charge is 0.451 e. The van der Waals surface area contributed by atoms with Gasteiger partial charge in [0.1, 0.15) is 33.4 Å². The summed E-state index contributed by atoms with van der Waals surface area (Å²) in [5, 5.41) is 8.72. The van der Waals surface area contributed by atoms with Crippen LogP contribution in [0.25, 0.3) is 0 Å². The molecule has 448 valence electrons. The van der Waals surface area contributed by atoms with Gasteiger partial charge in [-0.15, -0.1) is 0 Å². The maximum atomic E-state index is 15.0. The van der Waals surface area contributed by atoms with Gasteiger partial charge in [0.15, 0.2) is 24.4 Å². The molecule has 5 rings (SSSR count). The lowest BCUT2D eigenvalue weighted by Gasteiger charge is -2.35. The second-order valence-electron chi connectivity index (χ2n) is 23.1. The molecule has 8 atom stereocenters. The van der Waals surface area contributed by atoms with E-state index in [1.54, 1.807) is 39.8 Å².